The van der Waals surface area contributed by atoms with E-state index in [1.807, 2.05) is 12.3 Å². The first-order valence-electron chi connectivity index (χ1n) is 6.28. The van der Waals surface area contributed by atoms with Crippen LogP contribution in [-0.2, 0) is 13.0 Å². The molecule has 5 nitrogen and oxygen atoms in total. The minimum Gasteiger partial charge on any atom is -0.393 e. The maximum absolute atomic E-state index is 11.4. The van der Waals surface area contributed by atoms with Crippen LogP contribution < -0.4 is 10.6 Å². The third-order valence-electron chi connectivity index (χ3n) is 2.57. The van der Waals surface area contributed by atoms with Gasteiger partial charge < -0.3 is 15.7 Å². The van der Waals surface area contributed by atoms with Crippen LogP contribution in [0.4, 0.5) is 4.79 Å². The van der Waals surface area contributed by atoms with Crippen molar-refractivity contribution >= 4 is 17.4 Å². The van der Waals surface area contributed by atoms with Crippen molar-refractivity contribution in [3.05, 3.63) is 16.1 Å². The van der Waals surface area contributed by atoms with Crippen molar-refractivity contribution in [3.63, 3.8) is 0 Å². The maximum Gasteiger partial charge on any atom is 0.315 e. The van der Waals surface area contributed by atoms with Gasteiger partial charge in [-0.15, -0.1) is 11.3 Å². The summed E-state index contributed by atoms with van der Waals surface area (Å²) in [5, 5.41) is 17.8. The van der Waals surface area contributed by atoms with Gasteiger partial charge in [0, 0.05) is 11.9 Å². The molecule has 1 rings (SSSR count). The molecule has 1 atom stereocenters. The zero-order valence-electron chi connectivity index (χ0n) is 10.9. The molecule has 102 valence electrons. The molecule has 0 saturated heterocycles. The van der Waals surface area contributed by atoms with Crippen molar-refractivity contribution in [3.8, 4) is 0 Å². The molecule has 0 bridgehead atoms. The second-order valence-electron chi connectivity index (χ2n) is 4.05. The number of hydrogen-bond acceptors (Lipinski definition) is 4. The van der Waals surface area contributed by atoms with Gasteiger partial charge in [0.05, 0.1) is 23.4 Å². The number of hydrogen-bond donors (Lipinski definition) is 3. The van der Waals surface area contributed by atoms with E-state index in [1.165, 1.54) is 0 Å². The Morgan fingerprint density at radius 3 is 2.89 bits per heavy atom. The fourth-order valence-electron chi connectivity index (χ4n) is 1.38. The van der Waals surface area contributed by atoms with E-state index in [9.17, 15) is 9.90 Å². The largest absolute Gasteiger partial charge is 0.393 e. The van der Waals surface area contributed by atoms with Crippen LogP contribution in [0.1, 0.15) is 37.4 Å². The number of aliphatic hydroxyl groups is 1. The summed E-state index contributed by atoms with van der Waals surface area (Å²) in [6, 6.07) is -0.218. The molecular formula is C12H21N3O2S. The molecule has 0 aliphatic carbocycles. The average molecular weight is 271 g/mol. The molecule has 1 aromatic rings. The average Bonchev–Trinajstić information content (AvgIpc) is 2.84. The van der Waals surface area contributed by atoms with Crippen molar-refractivity contribution < 1.29 is 9.90 Å². The number of aromatic nitrogens is 1. The molecule has 1 unspecified atom stereocenters. The van der Waals surface area contributed by atoms with Crippen LogP contribution in [0.15, 0.2) is 5.38 Å². The number of nitrogens with one attached hydrogen (secondary N) is 2. The molecule has 3 N–H and O–H groups in total. The van der Waals surface area contributed by atoms with E-state index in [2.05, 4.69) is 22.5 Å². The van der Waals surface area contributed by atoms with E-state index < -0.39 is 0 Å². The third kappa shape index (κ3) is 5.46. The molecule has 1 aromatic heterocycles. The molecule has 2 amide bonds. The molecule has 6 heteroatoms. The van der Waals surface area contributed by atoms with Gasteiger partial charge in [0.1, 0.15) is 0 Å². The maximum atomic E-state index is 11.4. The van der Waals surface area contributed by atoms with Gasteiger partial charge >= 0.3 is 6.03 Å². The monoisotopic (exact) mass is 271 g/mol. The molecule has 18 heavy (non-hydrogen) atoms. The van der Waals surface area contributed by atoms with Gasteiger partial charge in [-0.05, 0) is 19.3 Å². The summed E-state index contributed by atoms with van der Waals surface area (Å²) >= 11 is 1.61. The summed E-state index contributed by atoms with van der Waals surface area (Å²) < 4.78 is 0. The highest BCUT2D eigenvalue weighted by Crippen LogP contribution is 2.09. The van der Waals surface area contributed by atoms with Crippen molar-refractivity contribution in [1.82, 2.24) is 15.6 Å². The van der Waals surface area contributed by atoms with E-state index in [0.29, 0.717) is 25.9 Å². The predicted octanol–water partition coefficient (Wildman–Crippen LogP) is 1.67. The molecule has 0 spiro atoms. The molecule has 0 aromatic carbocycles. The van der Waals surface area contributed by atoms with Gasteiger partial charge in [0.15, 0.2) is 0 Å². The van der Waals surface area contributed by atoms with Crippen LogP contribution in [-0.4, -0.2) is 28.8 Å². The van der Waals surface area contributed by atoms with Gasteiger partial charge in [-0.3, -0.25) is 0 Å². The summed E-state index contributed by atoms with van der Waals surface area (Å²) in [6.07, 6.45) is 1.88. The topological polar surface area (TPSA) is 74.2 Å². The Bertz CT molecular complexity index is 368. The molecule has 0 saturated carbocycles. The number of rotatable bonds is 7. The molecular weight excluding hydrogens is 250 g/mol. The van der Waals surface area contributed by atoms with Gasteiger partial charge in [0.2, 0.25) is 0 Å². The first-order chi connectivity index (χ1) is 8.65. The molecule has 0 radical (unpaired) electrons. The normalized spacial score (nSPS) is 12.2. The zero-order valence-corrected chi connectivity index (χ0v) is 11.7. The number of aliphatic hydroxyl groups excluding tert-OH is 1. The number of thiazole rings is 1. The number of nitrogens with zero attached hydrogens (tertiary/aromatic N) is 1. The van der Waals surface area contributed by atoms with Crippen LogP contribution in [0.5, 0.6) is 0 Å². The lowest BCUT2D eigenvalue weighted by molar-refractivity contribution is 0.160. The summed E-state index contributed by atoms with van der Waals surface area (Å²) in [5.41, 5.74) is 0.889. The van der Waals surface area contributed by atoms with Gasteiger partial charge in [-0.2, -0.15) is 0 Å². The Kier molecular flexibility index (Phi) is 6.67. The van der Waals surface area contributed by atoms with E-state index in [1.54, 1.807) is 11.3 Å². The predicted molar refractivity (Wildman–Crippen MR) is 72.6 cm³/mol. The highest BCUT2D eigenvalue weighted by molar-refractivity contribution is 7.09. The Morgan fingerprint density at radius 1 is 1.50 bits per heavy atom. The van der Waals surface area contributed by atoms with Gasteiger partial charge in [0.25, 0.3) is 0 Å². The number of aryl methyl sites for hydroxylation is 1. The summed E-state index contributed by atoms with van der Waals surface area (Å²) in [6.45, 7) is 4.90. The number of amides is 2. The third-order valence-corrected chi connectivity index (χ3v) is 3.61. The minimum atomic E-state index is -0.337. The first kappa shape index (κ1) is 14.9. The quantitative estimate of drug-likeness (QED) is 0.706. The summed E-state index contributed by atoms with van der Waals surface area (Å²) in [4.78, 5) is 15.8. The van der Waals surface area contributed by atoms with Gasteiger partial charge in [-0.25, -0.2) is 9.78 Å². The van der Waals surface area contributed by atoms with Crippen LogP contribution in [0.3, 0.4) is 0 Å². The van der Waals surface area contributed by atoms with E-state index >= 15 is 0 Å². The van der Waals surface area contributed by atoms with Crippen molar-refractivity contribution in [2.45, 2.75) is 45.8 Å². The molecule has 0 fully saturated rings. The van der Waals surface area contributed by atoms with E-state index in [0.717, 1.165) is 17.1 Å². The number of urea groups is 1. The van der Waals surface area contributed by atoms with Crippen LogP contribution in [0.25, 0.3) is 0 Å². The smallest absolute Gasteiger partial charge is 0.315 e. The highest BCUT2D eigenvalue weighted by atomic mass is 32.1. The number of carbonyl (C=O) groups excluding carboxylic acids is 1. The first-order valence-corrected chi connectivity index (χ1v) is 7.16. The number of carbonyl (C=O) groups is 1. The van der Waals surface area contributed by atoms with Crippen LogP contribution in [0, 0.1) is 0 Å². The fourth-order valence-corrected chi connectivity index (χ4v) is 2.13. The van der Waals surface area contributed by atoms with Crippen LogP contribution in [0.2, 0.25) is 0 Å². The Morgan fingerprint density at radius 2 is 2.28 bits per heavy atom. The Hall–Kier alpha value is -1.14. The lowest BCUT2D eigenvalue weighted by Gasteiger charge is -2.09. The van der Waals surface area contributed by atoms with Crippen molar-refractivity contribution in [2.24, 2.45) is 0 Å². The molecule has 0 aliphatic rings. The Balaban J connectivity index is 2.16. The minimum absolute atomic E-state index is 0.218. The molecule has 1 heterocycles. The van der Waals surface area contributed by atoms with Crippen LogP contribution >= 0.6 is 11.3 Å². The lowest BCUT2D eigenvalue weighted by atomic mass is 10.2. The standard InChI is InChI=1S/C12H21N3O2S/c1-3-10(16)5-6-13-12(17)14-7-9-8-18-11(4-2)15-9/h8,10,16H,3-7H2,1-2H3,(H2,13,14,17). The highest BCUT2D eigenvalue weighted by Gasteiger charge is 2.05. The second kappa shape index (κ2) is 8.05. The summed E-state index contributed by atoms with van der Waals surface area (Å²) in [5.74, 6) is 0. The lowest BCUT2D eigenvalue weighted by Crippen LogP contribution is -2.36. The fraction of sp³-hybridized carbons (Fsp3) is 0.667. The van der Waals surface area contributed by atoms with E-state index in [4.69, 9.17) is 0 Å². The zero-order chi connectivity index (χ0) is 13.4. The summed E-state index contributed by atoms with van der Waals surface area (Å²) in [7, 11) is 0. The second-order valence-corrected chi connectivity index (χ2v) is 4.99. The van der Waals surface area contributed by atoms with Crippen molar-refractivity contribution in [1.29, 1.82) is 0 Å². The van der Waals surface area contributed by atoms with Crippen molar-refractivity contribution in [2.75, 3.05) is 6.54 Å². The SMILES string of the molecule is CCc1nc(CNC(=O)NCCC(O)CC)cs1. The Labute approximate surface area is 112 Å². The molecule has 0 aliphatic heterocycles. The van der Waals surface area contributed by atoms with E-state index in [-0.39, 0.29) is 12.1 Å². The van der Waals surface area contributed by atoms with Gasteiger partial charge in [-0.1, -0.05) is 13.8 Å².